The molecule has 100 valence electrons. The first-order valence-corrected chi connectivity index (χ1v) is 7.08. The van der Waals surface area contributed by atoms with E-state index in [9.17, 15) is 0 Å². The summed E-state index contributed by atoms with van der Waals surface area (Å²) in [6.45, 7) is 7.19. The fourth-order valence-corrected chi connectivity index (χ4v) is 2.98. The highest BCUT2D eigenvalue weighted by atomic mass is 15.2. The van der Waals surface area contributed by atoms with Gasteiger partial charge in [0.05, 0.1) is 0 Å². The highest BCUT2D eigenvalue weighted by Crippen LogP contribution is 2.08. The van der Waals surface area contributed by atoms with E-state index in [1.165, 1.54) is 45.4 Å². The summed E-state index contributed by atoms with van der Waals surface area (Å²) in [7, 11) is 4.45. The van der Waals surface area contributed by atoms with Gasteiger partial charge in [0.25, 0.3) is 0 Å². The number of nitrogens with zero attached hydrogens (tertiary/aromatic N) is 2. The lowest BCUT2D eigenvalue weighted by Gasteiger charge is -2.33. The molecule has 2 N–H and O–H groups in total. The van der Waals surface area contributed by atoms with Crippen molar-refractivity contribution in [3.8, 4) is 0 Å². The van der Waals surface area contributed by atoms with Crippen molar-refractivity contribution in [3.63, 3.8) is 0 Å². The van der Waals surface area contributed by atoms with Gasteiger partial charge in [0, 0.05) is 38.3 Å². The zero-order valence-corrected chi connectivity index (χ0v) is 11.4. The van der Waals surface area contributed by atoms with E-state index >= 15 is 0 Å². The van der Waals surface area contributed by atoms with E-state index in [2.05, 4.69) is 34.5 Å². The van der Waals surface area contributed by atoms with E-state index in [0.717, 1.165) is 19.1 Å². The Bertz CT molecular complexity index is 199. The zero-order valence-electron chi connectivity index (χ0n) is 11.4. The maximum absolute atomic E-state index is 3.71. The van der Waals surface area contributed by atoms with Gasteiger partial charge in [-0.2, -0.15) is 0 Å². The van der Waals surface area contributed by atoms with Gasteiger partial charge < -0.3 is 20.4 Å². The van der Waals surface area contributed by atoms with Crippen LogP contribution < -0.4 is 10.6 Å². The summed E-state index contributed by atoms with van der Waals surface area (Å²) in [5, 5.41) is 7.32. The first-order valence-electron chi connectivity index (χ1n) is 7.08. The smallest absolute Gasteiger partial charge is 0.0207 e. The summed E-state index contributed by atoms with van der Waals surface area (Å²) in [5.74, 6) is 0. The molecular formula is C13H28N4. The van der Waals surface area contributed by atoms with E-state index in [4.69, 9.17) is 0 Å². The van der Waals surface area contributed by atoms with Gasteiger partial charge in [0.2, 0.25) is 0 Å². The van der Waals surface area contributed by atoms with Gasteiger partial charge in [-0.3, -0.25) is 0 Å². The minimum atomic E-state index is 0.683. The molecule has 0 bridgehead atoms. The van der Waals surface area contributed by atoms with Crippen molar-refractivity contribution in [2.24, 2.45) is 0 Å². The summed E-state index contributed by atoms with van der Waals surface area (Å²) >= 11 is 0. The van der Waals surface area contributed by atoms with Crippen molar-refractivity contribution in [1.82, 2.24) is 20.4 Å². The SMILES string of the molecule is CN1CCCC(NCCC2CN(C)CCN2)C1. The molecular weight excluding hydrogens is 212 g/mol. The highest BCUT2D eigenvalue weighted by molar-refractivity contribution is 4.80. The van der Waals surface area contributed by atoms with Crippen LogP contribution in [0.15, 0.2) is 0 Å². The normalized spacial score (nSPS) is 32.8. The van der Waals surface area contributed by atoms with Crippen molar-refractivity contribution in [2.75, 3.05) is 53.4 Å². The maximum Gasteiger partial charge on any atom is 0.0207 e. The van der Waals surface area contributed by atoms with Gasteiger partial charge in [0.15, 0.2) is 0 Å². The first-order chi connectivity index (χ1) is 8.24. The second-order valence-corrected chi connectivity index (χ2v) is 5.76. The monoisotopic (exact) mass is 240 g/mol. The Morgan fingerprint density at radius 1 is 1.18 bits per heavy atom. The molecule has 2 heterocycles. The van der Waals surface area contributed by atoms with Gasteiger partial charge in [-0.1, -0.05) is 0 Å². The molecule has 17 heavy (non-hydrogen) atoms. The third-order valence-corrected chi connectivity index (χ3v) is 4.01. The van der Waals surface area contributed by atoms with Crippen LogP contribution in [0.25, 0.3) is 0 Å². The number of rotatable bonds is 4. The second-order valence-electron chi connectivity index (χ2n) is 5.76. The van der Waals surface area contributed by atoms with Crippen molar-refractivity contribution >= 4 is 0 Å². The van der Waals surface area contributed by atoms with Gasteiger partial charge in [-0.05, 0) is 46.4 Å². The number of piperidine rings is 1. The Hall–Kier alpha value is -0.160. The molecule has 4 nitrogen and oxygen atoms in total. The van der Waals surface area contributed by atoms with Crippen LogP contribution in [0.2, 0.25) is 0 Å². The van der Waals surface area contributed by atoms with E-state index in [-0.39, 0.29) is 0 Å². The molecule has 0 aromatic carbocycles. The number of likely N-dealkylation sites (tertiary alicyclic amines) is 1. The molecule has 0 radical (unpaired) electrons. The number of nitrogens with one attached hydrogen (secondary N) is 2. The highest BCUT2D eigenvalue weighted by Gasteiger charge is 2.18. The average Bonchev–Trinajstić information content (AvgIpc) is 2.29. The van der Waals surface area contributed by atoms with Crippen molar-refractivity contribution in [1.29, 1.82) is 0 Å². The Balaban J connectivity index is 1.58. The maximum atomic E-state index is 3.71. The molecule has 0 aromatic rings. The largest absolute Gasteiger partial charge is 0.313 e. The van der Waals surface area contributed by atoms with Crippen LogP contribution in [0.1, 0.15) is 19.3 Å². The molecule has 0 saturated carbocycles. The Kier molecular flexibility index (Phi) is 5.22. The number of hydrogen-bond donors (Lipinski definition) is 2. The second kappa shape index (κ2) is 6.69. The summed E-state index contributed by atoms with van der Waals surface area (Å²) < 4.78 is 0. The Labute approximate surface area is 106 Å². The van der Waals surface area contributed by atoms with Crippen LogP contribution in [0.3, 0.4) is 0 Å². The molecule has 2 saturated heterocycles. The molecule has 2 aliphatic heterocycles. The van der Waals surface area contributed by atoms with Gasteiger partial charge in [0.1, 0.15) is 0 Å². The lowest BCUT2D eigenvalue weighted by Crippen LogP contribution is -2.51. The van der Waals surface area contributed by atoms with Crippen LogP contribution in [0, 0.1) is 0 Å². The summed E-state index contributed by atoms with van der Waals surface area (Å²) in [6.07, 6.45) is 3.95. The third kappa shape index (κ3) is 4.54. The molecule has 2 unspecified atom stereocenters. The lowest BCUT2D eigenvalue weighted by atomic mass is 10.1. The van der Waals surface area contributed by atoms with Crippen LogP contribution in [-0.4, -0.2) is 75.2 Å². The Morgan fingerprint density at radius 3 is 2.76 bits per heavy atom. The van der Waals surface area contributed by atoms with Crippen LogP contribution in [0.4, 0.5) is 0 Å². The van der Waals surface area contributed by atoms with E-state index in [1.54, 1.807) is 0 Å². The quantitative estimate of drug-likeness (QED) is 0.722. The molecule has 2 atom stereocenters. The molecule has 0 amide bonds. The average molecular weight is 240 g/mol. The topological polar surface area (TPSA) is 30.5 Å². The molecule has 0 aromatic heterocycles. The minimum Gasteiger partial charge on any atom is -0.313 e. The fraction of sp³-hybridized carbons (Fsp3) is 1.00. The van der Waals surface area contributed by atoms with Gasteiger partial charge >= 0.3 is 0 Å². The van der Waals surface area contributed by atoms with Crippen LogP contribution in [0.5, 0.6) is 0 Å². The van der Waals surface area contributed by atoms with Gasteiger partial charge in [-0.15, -0.1) is 0 Å². The minimum absolute atomic E-state index is 0.683. The fourth-order valence-electron chi connectivity index (χ4n) is 2.98. The first kappa shape index (κ1) is 13.3. The van der Waals surface area contributed by atoms with Crippen molar-refractivity contribution in [3.05, 3.63) is 0 Å². The predicted octanol–water partition coefficient (Wildman–Crippen LogP) is -0.0361. The molecule has 2 rings (SSSR count). The molecule has 0 aliphatic carbocycles. The molecule has 2 fully saturated rings. The number of likely N-dealkylation sites (N-methyl/N-ethyl adjacent to an activating group) is 2. The lowest BCUT2D eigenvalue weighted by molar-refractivity contribution is 0.212. The molecule has 0 spiro atoms. The van der Waals surface area contributed by atoms with Crippen LogP contribution in [-0.2, 0) is 0 Å². The van der Waals surface area contributed by atoms with Crippen molar-refractivity contribution in [2.45, 2.75) is 31.3 Å². The molecule has 4 heteroatoms. The summed E-state index contributed by atoms with van der Waals surface area (Å²) in [4.78, 5) is 4.86. The zero-order chi connectivity index (χ0) is 12.1. The summed E-state index contributed by atoms with van der Waals surface area (Å²) in [5.41, 5.74) is 0. The van der Waals surface area contributed by atoms with Crippen LogP contribution >= 0.6 is 0 Å². The van der Waals surface area contributed by atoms with E-state index in [0.29, 0.717) is 6.04 Å². The third-order valence-electron chi connectivity index (χ3n) is 4.01. The number of hydrogen-bond acceptors (Lipinski definition) is 4. The van der Waals surface area contributed by atoms with Gasteiger partial charge in [-0.25, -0.2) is 0 Å². The van der Waals surface area contributed by atoms with E-state index in [1.807, 2.05) is 0 Å². The standard InChI is InChI=1S/C13H28N4/c1-16-8-3-4-12(10-16)14-6-5-13-11-17(2)9-7-15-13/h12-15H,3-11H2,1-2H3. The summed E-state index contributed by atoms with van der Waals surface area (Å²) in [6, 6.07) is 1.40. The van der Waals surface area contributed by atoms with Crippen molar-refractivity contribution < 1.29 is 0 Å². The predicted molar refractivity (Wildman–Crippen MR) is 72.4 cm³/mol. The molecule has 2 aliphatic rings. The Morgan fingerprint density at radius 2 is 2.00 bits per heavy atom. The number of piperazine rings is 1. The van der Waals surface area contributed by atoms with E-state index < -0.39 is 0 Å².